The van der Waals surface area contributed by atoms with Crippen molar-refractivity contribution >= 4 is 17.2 Å². The van der Waals surface area contributed by atoms with Gasteiger partial charge < -0.3 is 4.90 Å². The second-order valence-corrected chi connectivity index (χ2v) is 7.44. The van der Waals surface area contributed by atoms with Gasteiger partial charge in [0.05, 0.1) is 17.1 Å². The Hall–Kier alpha value is -1.72. The van der Waals surface area contributed by atoms with Gasteiger partial charge in [-0.3, -0.25) is 9.69 Å². The van der Waals surface area contributed by atoms with Gasteiger partial charge in [0, 0.05) is 38.1 Å². The normalized spacial score (nSPS) is 21.5. The molecule has 2 heterocycles. The molecule has 0 unspecified atom stereocenters. The molecule has 1 aliphatic carbocycles. The molecule has 1 aromatic carbocycles. The number of thiazole rings is 1. The van der Waals surface area contributed by atoms with Crippen LogP contribution >= 0.6 is 11.3 Å². The Balaban J connectivity index is 1.38. The van der Waals surface area contributed by atoms with E-state index in [-0.39, 0.29) is 5.92 Å². The van der Waals surface area contributed by atoms with Gasteiger partial charge in [0.2, 0.25) is 5.91 Å². The molecule has 0 saturated carbocycles. The van der Waals surface area contributed by atoms with Crippen molar-refractivity contribution < 1.29 is 4.79 Å². The molecule has 2 aromatic rings. The minimum Gasteiger partial charge on any atom is -0.340 e. The molecule has 2 aliphatic rings. The Morgan fingerprint density at radius 2 is 2.04 bits per heavy atom. The highest BCUT2D eigenvalue weighted by Crippen LogP contribution is 2.33. The van der Waals surface area contributed by atoms with E-state index in [1.807, 2.05) is 5.51 Å². The Bertz CT molecular complexity index is 692. The van der Waals surface area contributed by atoms with Gasteiger partial charge in [-0.1, -0.05) is 24.3 Å². The van der Waals surface area contributed by atoms with Crippen LogP contribution in [-0.2, 0) is 17.8 Å². The summed E-state index contributed by atoms with van der Waals surface area (Å²) < 4.78 is 0. The first-order valence-electron chi connectivity index (χ1n) is 8.77. The number of hydrogen-bond donors (Lipinski definition) is 0. The molecule has 0 spiro atoms. The first-order valence-corrected chi connectivity index (χ1v) is 9.71. The highest BCUT2D eigenvalue weighted by atomic mass is 32.1. The summed E-state index contributed by atoms with van der Waals surface area (Å²) in [7, 11) is 0. The number of carbonyl (C=O) groups is 1. The van der Waals surface area contributed by atoms with Crippen LogP contribution in [0.25, 0.3) is 0 Å². The molecule has 1 amide bonds. The van der Waals surface area contributed by atoms with Gasteiger partial charge in [0.15, 0.2) is 0 Å². The standard InChI is InChI=1S/C19H23N3OS/c23-19(18-7-3-5-15-4-1-2-6-17(15)18)22-10-8-21(9-11-22)12-16-13-24-14-20-16/h1-2,4,6,13-14,18H,3,5,7-12H2/t18-/m0/s1. The van der Waals surface area contributed by atoms with Crippen molar-refractivity contribution in [3.05, 3.63) is 52.0 Å². The van der Waals surface area contributed by atoms with Gasteiger partial charge in [-0.25, -0.2) is 4.98 Å². The van der Waals surface area contributed by atoms with Crippen LogP contribution in [0.2, 0.25) is 0 Å². The smallest absolute Gasteiger partial charge is 0.230 e. The fourth-order valence-corrected chi connectivity index (χ4v) is 4.45. The van der Waals surface area contributed by atoms with Crippen LogP contribution in [0.4, 0.5) is 0 Å². The summed E-state index contributed by atoms with van der Waals surface area (Å²) in [4.78, 5) is 21.9. The lowest BCUT2D eigenvalue weighted by Crippen LogP contribution is -2.49. The molecule has 0 N–H and O–H groups in total. The summed E-state index contributed by atoms with van der Waals surface area (Å²) in [6, 6.07) is 8.48. The minimum atomic E-state index is 0.0695. The predicted octanol–water partition coefficient (Wildman–Crippen LogP) is 2.91. The van der Waals surface area contributed by atoms with E-state index in [1.165, 1.54) is 11.1 Å². The Kier molecular flexibility index (Phi) is 4.63. The van der Waals surface area contributed by atoms with Crippen molar-refractivity contribution in [2.75, 3.05) is 26.2 Å². The number of aryl methyl sites for hydroxylation is 1. The topological polar surface area (TPSA) is 36.4 Å². The first-order chi connectivity index (χ1) is 11.8. The van der Waals surface area contributed by atoms with Crippen LogP contribution in [0.15, 0.2) is 35.2 Å². The quantitative estimate of drug-likeness (QED) is 0.861. The molecule has 126 valence electrons. The monoisotopic (exact) mass is 341 g/mol. The van der Waals surface area contributed by atoms with Crippen molar-refractivity contribution in [1.29, 1.82) is 0 Å². The summed E-state index contributed by atoms with van der Waals surface area (Å²) in [6.07, 6.45) is 3.23. The van der Waals surface area contributed by atoms with Gasteiger partial charge in [-0.15, -0.1) is 11.3 Å². The third-order valence-corrected chi connectivity index (χ3v) is 5.86. The number of carbonyl (C=O) groups excluding carboxylic acids is 1. The third-order valence-electron chi connectivity index (χ3n) is 5.22. The molecule has 4 rings (SSSR count). The number of amides is 1. The molecule has 1 atom stereocenters. The van der Waals surface area contributed by atoms with Crippen LogP contribution in [0.1, 0.15) is 35.6 Å². The largest absolute Gasteiger partial charge is 0.340 e. The zero-order valence-electron chi connectivity index (χ0n) is 13.9. The summed E-state index contributed by atoms with van der Waals surface area (Å²) in [6.45, 7) is 4.45. The fraction of sp³-hybridized carbons (Fsp3) is 0.474. The number of piperazine rings is 1. The van der Waals surface area contributed by atoms with E-state index in [0.29, 0.717) is 5.91 Å². The Morgan fingerprint density at radius 3 is 2.83 bits per heavy atom. The van der Waals surface area contributed by atoms with E-state index in [2.05, 4.69) is 44.4 Å². The molecule has 1 fully saturated rings. The lowest BCUT2D eigenvalue weighted by Gasteiger charge is -2.37. The van der Waals surface area contributed by atoms with Crippen molar-refractivity contribution in [3.63, 3.8) is 0 Å². The molecule has 5 heteroatoms. The van der Waals surface area contributed by atoms with Crippen molar-refractivity contribution in [2.45, 2.75) is 31.7 Å². The highest BCUT2D eigenvalue weighted by Gasteiger charge is 2.31. The van der Waals surface area contributed by atoms with Crippen molar-refractivity contribution in [3.8, 4) is 0 Å². The maximum atomic E-state index is 13.0. The van der Waals surface area contributed by atoms with E-state index < -0.39 is 0 Å². The predicted molar refractivity (Wildman–Crippen MR) is 96.1 cm³/mol. The fourth-order valence-electron chi connectivity index (χ4n) is 3.90. The third kappa shape index (κ3) is 3.23. The zero-order chi connectivity index (χ0) is 16.4. The Morgan fingerprint density at radius 1 is 1.21 bits per heavy atom. The van der Waals surface area contributed by atoms with Crippen LogP contribution in [0.3, 0.4) is 0 Å². The molecular formula is C19H23N3OS. The van der Waals surface area contributed by atoms with E-state index in [1.54, 1.807) is 11.3 Å². The second kappa shape index (κ2) is 7.03. The van der Waals surface area contributed by atoms with Crippen LogP contribution in [0.5, 0.6) is 0 Å². The van der Waals surface area contributed by atoms with E-state index >= 15 is 0 Å². The number of benzene rings is 1. The number of aromatic nitrogens is 1. The minimum absolute atomic E-state index is 0.0695. The van der Waals surface area contributed by atoms with E-state index in [4.69, 9.17) is 0 Å². The van der Waals surface area contributed by atoms with Crippen molar-refractivity contribution in [1.82, 2.24) is 14.8 Å². The molecule has 1 saturated heterocycles. The van der Waals surface area contributed by atoms with Gasteiger partial charge >= 0.3 is 0 Å². The van der Waals surface area contributed by atoms with Crippen molar-refractivity contribution in [2.24, 2.45) is 0 Å². The molecule has 24 heavy (non-hydrogen) atoms. The number of rotatable bonds is 3. The first kappa shape index (κ1) is 15.8. The second-order valence-electron chi connectivity index (χ2n) is 6.72. The lowest BCUT2D eigenvalue weighted by molar-refractivity contribution is -0.135. The van der Waals surface area contributed by atoms with Gasteiger partial charge in [-0.05, 0) is 30.4 Å². The SMILES string of the molecule is O=C([C@H]1CCCc2ccccc21)N1CCN(Cc2cscn2)CC1. The van der Waals surface area contributed by atoms with Crippen LogP contribution < -0.4 is 0 Å². The number of fused-ring (bicyclic) bond motifs is 1. The molecule has 1 aliphatic heterocycles. The number of hydrogen-bond acceptors (Lipinski definition) is 4. The summed E-state index contributed by atoms with van der Waals surface area (Å²) in [5.74, 6) is 0.399. The van der Waals surface area contributed by atoms with Gasteiger partial charge in [0.25, 0.3) is 0 Å². The molecular weight excluding hydrogens is 318 g/mol. The average molecular weight is 341 g/mol. The zero-order valence-corrected chi connectivity index (χ0v) is 14.7. The molecule has 0 radical (unpaired) electrons. The number of nitrogens with zero attached hydrogens (tertiary/aromatic N) is 3. The van der Waals surface area contributed by atoms with Gasteiger partial charge in [0.1, 0.15) is 0 Å². The maximum Gasteiger partial charge on any atom is 0.230 e. The summed E-state index contributed by atoms with van der Waals surface area (Å²) >= 11 is 1.64. The van der Waals surface area contributed by atoms with Crippen LogP contribution in [-0.4, -0.2) is 46.9 Å². The Labute approximate surface area is 147 Å². The molecule has 4 nitrogen and oxygen atoms in total. The highest BCUT2D eigenvalue weighted by molar-refractivity contribution is 7.07. The van der Waals surface area contributed by atoms with Gasteiger partial charge in [-0.2, -0.15) is 0 Å². The average Bonchev–Trinajstić information content (AvgIpc) is 3.14. The molecule has 0 bridgehead atoms. The summed E-state index contributed by atoms with van der Waals surface area (Å²) in [5.41, 5.74) is 5.65. The van der Waals surface area contributed by atoms with E-state index in [9.17, 15) is 4.79 Å². The maximum absolute atomic E-state index is 13.0. The van der Waals surface area contributed by atoms with Crippen LogP contribution in [0, 0.1) is 0 Å². The van der Waals surface area contributed by atoms with E-state index in [0.717, 1.165) is 57.7 Å². The molecule has 1 aromatic heterocycles. The lowest BCUT2D eigenvalue weighted by atomic mass is 9.82. The summed E-state index contributed by atoms with van der Waals surface area (Å²) in [5, 5.41) is 2.11.